The van der Waals surface area contributed by atoms with Crippen molar-refractivity contribution >= 4 is 94.2 Å². The van der Waals surface area contributed by atoms with Gasteiger partial charge in [-0.1, -0.05) is 265 Å². The summed E-state index contributed by atoms with van der Waals surface area (Å²) in [6.07, 6.45) is 13.6. The third kappa shape index (κ3) is 766. The summed E-state index contributed by atoms with van der Waals surface area (Å²) in [6.45, 7) is 85.2. The van der Waals surface area contributed by atoms with Crippen molar-refractivity contribution in [1.82, 2.24) is 29.5 Å². The molecule has 0 aromatic heterocycles. The molecule has 0 aliphatic carbocycles. The number of likely N-dealkylation sites (tertiary alicyclic amines) is 1. The molecule has 0 spiro atoms. The highest BCUT2D eigenvalue weighted by atomic mass is 16.3. The molecule has 3 rings (SSSR count). The van der Waals surface area contributed by atoms with Gasteiger partial charge in [0.25, 0.3) is 0 Å². The van der Waals surface area contributed by atoms with Crippen LogP contribution in [0.2, 0.25) is 0 Å². The van der Waals surface area contributed by atoms with Gasteiger partial charge in [-0.25, -0.2) is 0 Å². The van der Waals surface area contributed by atoms with E-state index in [-0.39, 0.29) is 36.6 Å². The fourth-order valence-electron chi connectivity index (χ4n) is 2.64. The summed E-state index contributed by atoms with van der Waals surface area (Å²) in [6, 6.07) is 20.9. The lowest BCUT2D eigenvalue weighted by molar-refractivity contribution is -0.129. The molecule has 0 saturated carbocycles. The van der Waals surface area contributed by atoms with E-state index in [0.717, 1.165) is 61.4 Å². The van der Waals surface area contributed by atoms with Gasteiger partial charge in [-0.2, -0.15) is 0 Å². The van der Waals surface area contributed by atoms with Gasteiger partial charge in [0.2, 0.25) is 5.91 Å². The van der Waals surface area contributed by atoms with E-state index in [1.54, 1.807) is 20.8 Å². The summed E-state index contributed by atoms with van der Waals surface area (Å²) in [5, 5.41) is 8.06. The third-order valence-corrected chi connectivity index (χ3v) is 9.20. The van der Waals surface area contributed by atoms with E-state index in [1.807, 2.05) is 133 Å². The first-order chi connectivity index (χ1) is 51.5. The average Bonchev–Trinajstić information content (AvgIpc) is 0.955. The first kappa shape index (κ1) is 232. The van der Waals surface area contributed by atoms with E-state index in [1.165, 1.54) is 132 Å². The zero-order valence-electron chi connectivity index (χ0n) is 80.3. The molecule has 0 unspecified atom stereocenters. The molecule has 29 nitrogen and oxygen atoms in total. The lowest BCUT2D eigenvalue weighted by atomic mass is 10.1. The molecule has 111 heavy (non-hydrogen) atoms. The van der Waals surface area contributed by atoms with Crippen molar-refractivity contribution in [2.24, 2.45) is 87.1 Å². The molecular formula is C82H208N14O15. The van der Waals surface area contributed by atoms with Crippen LogP contribution in [-0.2, 0) is 80.0 Å². The van der Waals surface area contributed by atoms with Crippen molar-refractivity contribution in [3.05, 3.63) is 71.8 Å². The highest BCUT2D eigenvalue weighted by Gasteiger charge is 2.11. The molecule has 696 valence electrons. The number of rotatable bonds is 8. The summed E-state index contributed by atoms with van der Waals surface area (Å²) in [7, 11) is 13.5. The molecule has 1 amide bonds. The van der Waals surface area contributed by atoms with Crippen LogP contribution < -0.4 is 76.2 Å². The normalized spacial score (nSPS) is 6.91. The predicted octanol–water partition coefficient (Wildman–Crippen LogP) is 14.7. The Labute approximate surface area is 692 Å². The number of benzene rings is 2. The van der Waals surface area contributed by atoms with Crippen LogP contribution in [0.25, 0.3) is 0 Å². The Balaban J connectivity index is -0.0000000165. The maximum absolute atomic E-state index is 10.7. The zero-order valence-corrected chi connectivity index (χ0v) is 80.3. The van der Waals surface area contributed by atoms with Crippen molar-refractivity contribution in [2.45, 2.75) is 264 Å². The van der Waals surface area contributed by atoms with Crippen molar-refractivity contribution < 1.29 is 72.2 Å². The third-order valence-electron chi connectivity index (χ3n) is 9.20. The summed E-state index contributed by atoms with van der Waals surface area (Å²) < 4.78 is 0. The Hall–Kier alpha value is -6.94. The van der Waals surface area contributed by atoms with Gasteiger partial charge in [0.1, 0.15) is 88.3 Å². The van der Waals surface area contributed by atoms with E-state index in [4.69, 9.17) is 67.4 Å². The zero-order chi connectivity index (χ0) is 95.6. The first-order valence-electron chi connectivity index (χ1n) is 35.5. The van der Waals surface area contributed by atoms with E-state index < -0.39 is 0 Å². The highest BCUT2D eigenvalue weighted by molar-refractivity contribution is 5.73. The number of amides is 1. The van der Waals surface area contributed by atoms with Gasteiger partial charge in [-0.05, 0) is 156 Å². The van der Waals surface area contributed by atoms with Crippen molar-refractivity contribution in [3.63, 3.8) is 0 Å². The molecule has 2 aromatic carbocycles. The van der Waals surface area contributed by atoms with Crippen LogP contribution in [0.3, 0.4) is 0 Å². The van der Waals surface area contributed by atoms with E-state index in [9.17, 15) is 4.79 Å². The van der Waals surface area contributed by atoms with Gasteiger partial charge >= 0.3 is 0 Å². The maximum Gasteiger partial charge on any atom is 0.219 e. The Morgan fingerprint density at radius 3 is 0.441 bits per heavy atom. The van der Waals surface area contributed by atoms with Crippen LogP contribution in [0.4, 0.5) is 0 Å². The number of aryl methyl sites for hydroxylation is 2. The van der Waals surface area contributed by atoms with Gasteiger partial charge in [0.15, 0.2) is 0 Å². The van der Waals surface area contributed by atoms with Crippen molar-refractivity contribution in [3.8, 4) is 0 Å². The molecule has 2 aromatic rings. The second-order valence-electron chi connectivity index (χ2n) is 18.2. The fraction of sp³-hybridized carbons (Fsp3) is 0.683. The molecule has 1 saturated heterocycles. The standard InChI is InChI=1S/2C8H10.C7H13NO.6C5H12.C3H8O.2C2H6.9CH5N.13CH2O.4H3N/c2*1-2-8-6-4-3-5-7-8;1-7(9)8-5-3-2-4-6-8;6*1-4-5(2)3;1-3(2)4;24*1-2;;;;/h2*3-7H,2H2,1H3;2-6H2,1H3;6*5H,4H2,1-3H3;3-4H,1-2H3;2*1-2H3;9*2H2,1H3;13*1H2;4*1H3. The van der Waals surface area contributed by atoms with Crippen LogP contribution in [-0.4, -0.2) is 187 Å². The highest BCUT2D eigenvalue weighted by Crippen LogP contribution is 2.08. The fourth-order valence-corrected chi connectivity index (χ4v) is 2.64. The Morgan fingerprint density at radius 1 is 0.288 bits per heavy atom. The van der Waals surface area contributed by atoms with Crippen LogP contribution in [0, 0.1) is 35.5 Å². The number of hydrogen-bond acceptors (Lipinski definition) is 28. The average molecular weight is 1630 g/mol. The van der Waals surface area contributed by atoms with Gasteiger partial charge in [-0.15, -0.1) is 0 Å². The van der Waals surface area contributed by atoms with Gasteiger partial charge in [0, 0.05) is 26.1 Å². The van der Waals surface area contributed by atoms with Gasteiger partial charge < -0.3 is 149 Å². The minimum Gasteiger partial charge on any atom is -0.394 e. The summed E-state index contributed by atoms with van der Waals surface area (Å²) in [5.74, 6) is 5.54. The Kier molecular flexibility index (Phi) is 931. The number of carbonyl (C=O) groups is 14. The number of aliphatic hydroxyl groups excluding tert-OH is 1. The van der Waals surface area contributed by atoms with Crippen LogP contribution in [0.15, 0.2) is 60.7 Å². The molecular weight excluding hydrogens is 1420 g/mol. The molecule has 0 radical (unpaired) electrons. The van der Waals surface area contributed by atoms with E-state index in [0.29, 0.717) is 0 Å². The molecule has 0 atom stereocenters. The molecule has 1 heterocycles. The second-order valence-corrected chi connectivity index (χ2v) is 18.2. The maximum atomic E-state index is 10.7. The minimum absolute atomic E-state index is 0. The number of hydrogen-bond donors (Lipinski definition) is 14. The van der Waals surface area contributed by atoms with Crippen molar-refractivity contribution in [1.29, 1.82) is 0 Å². The minimum atomic E-state index is -0.167. The number of piperidine rings is 1. The number of aliphatic hydroxyl groups is 1. The number of nitrogens with two attached hydrogens (primary N) is 9. The van der Waals surface area contributed by atoms with Crippen LogP contribution in [0.5, 0.6) is 0 Å². The first-order valence-corrected chi connectivity index (χ1v) is 35.5. The van der Waals surface area contributed by atoms with Gasteiger partial charge in [-0.3, -0.25) is 4.79 Å². The van der Waals surface area contributed by atoms with Gasteiger partial charge in [0.05, 0.1) is 0 Å². The van der Waals surface area contributed by atoms with Crippen LogP contribution in [0.1, 0.15) is 256 Å². The summed E-state index contributed by atoms with van der Waals surface area (Å²) in [4.78, 5) is 117. The topological polar surface area (TPSA) is 637 Å². The Morgan fingerprint density at radius 2 is 0.387 bits per heavy atom. The second kappa shape index (κ2) is 446. The smallest absolute Gasteiger partial charge is 0.219 e. The Bertz CT molecular complexity index is 1110. The predicted molar refractivity (Wildman–Crippen MR) is 502 cm³/mol. The quantitative estimate of drug-likeness (QED) is 0.117. The lowest BCUT2D eigenvalue weighted by Gasteiger charge is -2.24. The lowest BCUT2D eigenvalue weighted by Crippen LogP contribution is -2.33. The SMILES string of the molecule is C=O.C=O.C=O.C=O.C=O.C=O.C=O.C=O.C=O.C=O.C=O.C=O.C=O.CC.CC.CC(=O)N1CCCCC1.CC(C)O.CCC(C)C.CCC(C)C.CCC(C)C.CCC(C)C.CCC(C)C.CCC(C)C.CCc1ccccc1.CCc1ccccc1.CN.CN.CN.CN.CN.CN.CN.CN.CN.N.N.N.N. The van der Waals surface area contributed by atoms with E-state index >= 15 is 0 Å². The monoisotopic (exact) mass is 1630 g/mol. The van der Waals surface area contributed by atoms with Crippen molar-refractivity contribution in [2.75, 3.05) is 76.5 Å². The largest absolute Gasteiger partial charge is 0.394 e. The molecule has 1 aliphatic heterocycles. The van der Waals surface area contributed by atoms with Crippen LogP contribution >= 0.6 is 0 Å². The molecule has 29 heteroatoms. The summed E-state index contributed by atoms with van der Waals surface area (Å²) >= 11 is 0. The molecule has 0 bridgehead atoms. The number of nitrogens with zero attached hydrogens (tertiary/aromatic N) is 1. The molecule has 1 aliphatic rings. The summed E-state index contributed by atoms with van der Waals surface area (Å²) in [5.41, 5.74) is 43.3. The molecule has 1 fully saturated rings. The molecule has 31 N–H and O–H groups in total. The number of carbonyl (C=O) groups excluding carboxylic acids is 14. The van der Waals surface area contributed by atoms with E-state index in [2.05, 4.69) is 239 Å².